The maximum Gasteiger partial charge on any atom is 0.220 e. The van der Waals surface area contributed by atoms with Gasteiger partial charge in [0.2, 0.25) is 5.91 Å². The highest BCUT2D eigenvalue weighted by molar-refractivity contribution is 5.77. The molecular weight excluding hydrogens is 294 g/mol. The van der Waals surface area contributed by atoms with Gasteiger partial charge in [0.25, 0.3) is 0 Å². The summed E-state index contributed by atoms with van der Waals surface area (Å²) in [6.45, 7) is 4.43. The highest BCUT2D eigenvalue weighted by Gasteiger charge is 2.53. The number of benzene rings is 1. The highest BCUT2D eigenvalue weighted by atomic mass is 16.1. The predicted molar refractivity (Wildman–Crippen MR) is 97.7 cm³/mol. The van der Waals surface area contributed by atoms with E-state index < -0.39 is 0 Å². The van der Waals surface area contributed by atoms with E-state index in [4.69, 9.17) is 0 Å². The summed E-state index contributed by atoms with van der Waals surface area (Å²) in [7, 11) is 0. The van der Waals surface area contributed by atoms with Crippen LogP contribution in [0, 0.1) is 23.2 Å². The van der Waals surface area contributed by atoms with Gasteiger partial charge in [0.15, 0.2) is 0 Å². The molecule has 24 heavy (non-hydrogen) atoms. The number of nitrogens with one attached hydrogen (secondary N) is 1. The van der Waals surface area contributed by atoms with E-state index in [1.165, 1.54) is 44.1 Å². The Hall–Kier alpha value is -1.31. The average Bonchev–Trinajstić information content (AvgIpc) is 2.54. The fourth-order valence-corrected chi connectivity index (χ4v) is 6.34. The molecule has 2 unspecified atom stereocenters. The van der Waals surface area contributed by atoms with Crippen LogP contribution >= 0.6 is 0 Å². The van der Waals surface area contributed by atoms with E-state index >= 15 is 0 Å². The van der Waals surface area contributed by atoms with Crippen LogP contribution in [0.3, 0.4) is 0 Å². The van der Waals surface area contributed by atoms with Crippen molar-refractivity contribution in [2.24, 2.45) is 23.2 Å². The summed E-state index contributed by atoms with van der Waals surface area (Å²) in [6, 6.07) is 10.7. The molecule has 1 amide bonds. The number of hydrogen-bond donors (Lipinski definition) is 1. The Bertz CT molecular complexity index is 558. The molecule has 1 aromatic rings. The Labute approximate surface area is 146 Å². The molecular formula is C22H31NO. The lowest BCUT2D eigenvalue weighted by Crippen LogP contribution is -2.55. The van der Waals surface area contributed by atoms with Gasteiger partial charge in [-0.05, 0) is 80.1 Å². The summed E-state index contributed by atoms with van der Waals surface area (Å²) in [4.78, 5) is 12.6. The summed E-state index contributed by atoms with van der Waals surface area (Å²) >= 11 is 0. The summed E-state index contributed by atoms with van der Waals surface area (Å²) in [5, 5.41) is 3.40. The SMILES string of the molecule is CC(CC(=O)NC(C)C12CC3CC(CC(C3)C1)C2)c1ccccc1. The zero-order chi connectivity index (χ0) is 16.7. The molecule has 2 heteroatoms. The maximum atomic E-state index is 12.6. The van der Waals surface area contributed by atoms with Crippen LogP contribution < -0.4 is 5.32 Å². The molecule has 0 saturated heterocycles. The Morgan fingerprint density at radius 2 is 1.58 bits per heavy atom. The van der Waals surface area contributed by atoms with Crippen molar-refractivity contribution in [1.29, 1.82) is 0 Å². The van der Waals surface area contributed by atoms with Crippen molar-refractivity contribution < 1.29 is 4.79 Å². The van der Waals surface area contributed by atoms with Crippen molar-refractivity contribution in [2.75, 3.05) is 0 Å². The summed E-state index contributed by atoms with van der Waals surface area (Å²) in [5.41, 5.74) is 1.66. The van der Waals surface area contributed by atoms with Gasteiger partial charge in [-0.25, -0.2) is 0 Å². The third-order valence-corrected chi connectivity index (χ3v) is 7.24. The van der Waals surface area contributed by atoms with E-state index in [1.807, 2.05) is 6.07 Å². The smallest absolute Gasteiger partial charge is 0.220 e. The van der Waals surface area contributed by atoms with Crippen molar-refractivity contribution in [3.8, 4) is 0 Å². The quantitative estimate of drug-likeness (QED) is 0.819. The fraction of sp³-hybridized carbons (Fsp3) is 0.682. The zero-order valence-electron chi connectivity index (χ0n) is 15.1. The highest BCUT2D eigenvalue weighted by Crippen LogP contribution is 2.61. The van der Waals surface area contributed by atoms with E-state index in [9.17, 15) is 4.79 Å². The topological polar surface area (TPSA) is 29.1 Å². The van der Waals surface area contributed by atoms with Gasteiger partial charge in [0.1, 0.15) is 0 Å². The Balaban J connectivity index is 1.37. The number of carbonyl (C=O) groups excluding carboxylic acids is 1. The second-order valence-electron chi connectivity index (χ2n) is 9.08. The van der Waals surface area contributed by atoms with Gasteiger partial charge in [0.05, 0.1) is 0 Å². The van der Waals surface area contributed by atoms with Crippen LogP contribution in [0.2, 0.25) is 0 Å². The van der Waals surface area contributed by atoms with Crippen molar-refractivity contribution in [2.45, 2.75) is 70.8 Å². The molecule has 0 heterocycles. The molecule has 2 atom stereocenters. The Morgan fingerprint density at radius 3 is 2.12 bits per heavy atom. The number of hydrogen-bond acceptors (Lipinski definition) is 1. The summed E-state index contributed by atoms with van der Waals surface area (Å²) in [6.07, 6.45) is 9.06. The second kappa shape index (κ2) is 6.20. The van der Waals surface area contributed by atoms with Crippen LogP contribution in [0.25, 0.3) is 0 Å². The molecule has 4 saturated carbocycles. The first-order chi connectivity index (χ1) is 11.5. The summed E-state index contributed by atoms with van der Waals surface area (Å²) < 4.78 is 0. The number of amides is 1. The minimum Gasteiger partial charge on any atom is -0.353 e. The second-order valence-corrected chi connectivity index (χ2v) is 9.08. The molecule has 4 fully saturated rings. The third kappa shape index (κ3) is 3.00. The largest absolute Gasteiger partial charge is 0.353 e. The van der Waals surface area contributed by atoms with Crippen LogP contribution in [-0.2, 0) is 4.79 Å². The molecule has 0 radical (unpaired) electrons. The molecule has 0 spiro atoms. The fourth-order valence-electron chi connectivity index (χ4n) is 6.34. The van der Waals surface area contributed by atoms with Gasteiger partial charge in [-0.1, -0.05) is 37.3 Å². The van der Waals surface area contributed by atoms with E-state index in [-0.39, 0.29) is 11.8 Å². The molecule has 0 aromatic heterocycles. The maximum absolute atomic E-state index is 12.6. The van der Waals surface area contributed by atoms with E-state index in [1.54, 1.807) is 0 Å². The molecule has 1 N–H and O–H groups in total. The normalized spacial score (nSPS) is 36.3. The average molecular weight is 325 g/mol. The molecule has 4 aliphatic carbocycles. The number of rotatable bonds is 5. The van der Waals surface area contributed by atoms with Gasteiger partial charge in [-0.3, -0.25) is 4.79 Å². The molecule has 2 nitrogen and oxygen atoms in total. The molecule has 5 rings (SSSR count). The lowest BCUT2D eigenvalue weighted by molar-refractivity contribution is -0.126. The molecule has 4 bridgehead atoms. The minimum absolute atomic E-state index is 0.231. The third-order valence-electron chi connectivity index (χ3n) is 7.24. The molecule has 130 valence electrons. The Kier molecular flexibility index (Phi) is 4.18. The zero-order valence-corrected chi connectivity index (χ0v) is 15.1. The number of carbonyl (C=O) groups is 1. The Morgan fingerprint density at radius 1 is 1.04 bits per heavy atom. The molecule has 0 aliphatic heterocycles. The van der Waals surface area contributed by atoms with Crippen LogP contribution in [0.5, 0.6) is 0 Å². The van der Waals surface area contributed by atoms with Gasteiger partial charge in [-0.2, -0.15) is 0 Å². The first-order valence-corrected chi connectivity index (χ1v) is 9.88. The first-order valence-electron chi connectivity index (χ1n) is 9.88. The lowest BCUT2D eigenvalue weighted by Gasteiger charge is -2.59. The minimum atomic E-state index is 0.231. The van der Waals surface area contributed by atoms with Crippen molar-refractivity contribution >= 4 is 5.91 Å². The monoisotopic (exact) mass is 325 g/mol. The van der Waals surface area contributed by atoms with Crippen molar-refractivity contribution in [3.05, 3.63) is 35.9 Å². The van der Waals surface area contributed by atoms with Crippen molar-refractivity contribution in [3.63, 3.8) is 0 Å². The molecule has 4 aliphatic rings. The molecule has 1 aromatic carbocycles. The van der Waals surface area contributed by atoms with Gasteiger partial charge >= 0.3 is 0 Å². The lowest BCUT2D eigenvalue weighted by atomic mass is 9.48. The predicted octanol–water partition coefficient (Wildman–Crippen LogP) is 4.90. The van der Waals surface area contributed by atoms with Gasteiger partial charge in [-0.15, -0.1) is 0 Å². The van der Waals surface area contributed by atoms with Gasteiger partial charge in [0, 0.05) is 12.5 Å². The standard InChI is InChI=1S/C22H31NO/c1-15(20-6-4-3-5-7-20)8-21(24)23-16(2)22-12-17-9-18(13-22)11-19(10-17)14-22/h3-7,15-19H,8-14H2,1-2H3,(H,23,24). The van der Waals surface area contributed by atoms with Crippen LogP contribution in [-0.4, -0.2) is 11.9 Å². The van der Waals surface area contributed by atoms with E-state index in [2.05, 4.69) is 43.4 Å². The van der Waals surface area contributed by atoms with Crippen molar-refractivity contribution in [1.82, 2.24) is 5.32 Å². The van der Waals surface area contributed by atoms with E-state index in [0.717, 1.165) is 17.8 Å². The van der Waals surface area contributed by atoms with Crippen LogP contribution in [0.4, 0.5) is 0 Å². The van der Waals surface area contributed by atoms with Crippen LogP contribution in [0.15, 0.2) is 30.3 Å². The van der Waals surface area contributed by atoms with Gasteiger partial charge < -0.3 is 5.32 Å². The summed E-state index contributed by atoms with van der Waals surface area (Å²) in [5.74, 6) is 3.35. The van der Waals surface area contributed by atoms with Crippen LogP contribution in [0.1, 0.15) is 70.3 Å². The first kappa shape index (κ1) is 16.2. The van der Waals surface area contributed by atoms with E-state index in [0.29, 0.717) is 17.9 Å².